The number of nitrogens with zero attached hydrogens (tertiary/aromatic N) is 1. The van der Waals surface area contributed by atoms with Crippen molar-refractivity contribution in [2.24, 2.45) is 0 Å². The second-order valence-corrected chi connectivity index (χ2v) is 8.13. The summed E-state index contributed by atoms with van der Waals surface area (Å²) in [5.41, 5.74) is 0.827. The minimum atomic E-state index is -3.22. The molecule has 2 heterocycles. The molecule has 2 fully saturated rings. The van der Waals surface area contributed by atoms with Crippen LogP contribution in [0.5, 0.6) is 0 Å². The first-order valence-corrected chi connectivity index (χ1v) is 8.92. The maximum atomic E-state index is 12.5. The molecule has 2 unspecified atom stereocenters. The number of nitrogens with one attached hydrogen (secondary N) is 1. The lowest BCUT2D eigenvalue weighted by atomic mass is 10.2. The molecule has 2 saturated heterocycles. The summed E-state index contributed by atoms with van der Waals surface area (Å²) in [5, 5.41) is 3.45. The van der Waals surface area contributed by atoms with Crippen LogP contribution < -0.4 is 5.32 Å². The fourth-order valence-electron chi connectivity index (χ4n) is 2.89. The van der Waals surface area contributed by atoms with E-state index in [1.54, 1.807) is 4.31 Å². The van der Waals surface area contributed by atoms with E-state index in [4.69, 9.17) is 0 Å². The van der Waals surface area contributed by atoms with Crippen LogP contribution in [0, 0.1) is 0 Å². The van der Waals surface area contributed by atoms with Gasteiger partial charge in [0.25, 0.3) is 0 Å². The van der Waals surface area contributed by atoms with Gasteiger partial charge in [-0.05, 0) is 24.5 Å². The lowest BCUT2D eigenvalue weighted by molar-refractivity contribution is 0.296. The lowest BCUT2D eigenvalue weighted by Crippen LogP contribution is -2.53. The minimum Gasteiger partial charge on any atom is -0.309 e. The molecule has 0 spiro atoms. The molecule has 104 valence electrons. The van der Waals surface area contributed by atoms with Gasteiger partial charge >= 0.3 is 0 Å². The van der Waals surface area contributed by atoms with Crippen LogP contribution in [0.4, 0.5) is 0 Å². The van der Waals surface area contributed by atoms with E-state index in [2.05, 4.69) is 21.2 Å². The zero-order valence-electron chi connectivity index (χ0n) is 10.5. The number of halogens is 1. The smallest absolute Gasteiger partial charge is 0.218 e. The molecule has 0 aromatic heterocycles. The highest BCUT2D eigenvalue weighted by atomic mass is 79.9. The molecule has 0 amide bonds. The molecule has 2 aliphatic rings. The van der Waals surface area contributed by atoms with Crippen molar-refractivity contribution >= 4 is 26.0 Å². The molecule has 0 aliphatic carbocycles. The molecule has 3 rings (SSSR count). The monoisotopic (exact) mass is 344 g/mol. The second-order valence-electron chi connectivity index (χ2n) is 5.30. The largest absolute Gasteiger partial charge is 0.309 e. The average molecular weight is 345 g/mol. The van der Waals surface area contributed by atoms with E-state index in [1.165, 1.54) is 0 Å². The number of rotatable bonds is 3. The van der Waals surface area contributed by atoms with Crippen LogP contribution in [0.3, 0.4) is 0 Å². The Bertz CT molecular complexity index is 564. The first kappa shape index (κ1) is 13.5. The third-order valence-electron chi connectivity index (χ3n) is 3.87. The quantitative estimate of drug-likeness (QED) is 0.908. The van der Waals surface area contributed by atoms with Crippen molar-refractivity contribution in [1.29, 1.82) is 0 Å². The highest BCUT2D eigenvalue weighted by Crippen LogP contribution is 2.25. The van der Waals surface area contributed by atoms with Crippen molar-refractivity contribution in [2.45, 2.75) is 30.7 Å². The Morgan fingerprint density at radius 3 is 2.47 bits per heavy atom. The number of sulfonamides is 1. The molecule has 4 nitrogen and oxygen atoms in total. The summed E-state index contributed by atoms with van der Waals surface area (Å²) in [6.07, 6.45) is 2.18. The first-order valence-electron chi connectivity index (χ1n) is 6.52. The fourth-order valence-corrected chi connectivity index (χ4v) is 5.14. The van der Waals surface area contributed by atoms with Crippen LogP contribution in [-0.2, 0) is 15.8 Å². The van der Waals surface area contributed by atoms with E-state index in [-0.39, 0.29) is 5.75 Å². The summed E-state index contributed by atoms with van der Waals surface area (Å²) in [5.74, 6) is 0.0772. The summed E-state index contributed by atoms with van der Waals surface area (Å²) in [6.45, 7) is 1.23. The summed E-state index contributed by atoms with van der Waals surface area (Å²) in [6, 6.07) is 8.19. The molecular weight excluding hydrogens is 328 g/mol. The van der Waals surface area contributed by atoms with Crippen LogP contribution >= 0.6 is 15.9 Å². The van der Waals surface area contributed by atoms with Gasteiger partial charge in [-0.25, -0.2) is 8.42 Å². The van der Waals surface area contributed by atoms with Gasteiger partial charge in [0, 0.05) is 29.6 Å². The van der Waals surface area contributed by atoms with E-state index < -0.39 is 10.0 Å². The Morgan fingerprint density at radius 1 is 1.21 bits per heavy atom. The third kappa shape index (κ3) is 2.86. The topological polar surface area (TPSA) is 49.4 Å². The Hall–Kier alpha value is -0.430. The Balaban J connectivity index is 1.78. The van der Waals surface area contributed by atoms with Gasteiger partial charge in [-0.3, -0.25) is 0 Å². The molecule has 0 saturated carbocycles. The fraction of sp³-hybridized carbons (Fsp3) is 0.538. The van der Waals surface area contributed by atoms with Gasteiger partial charge in [0.15, 0.2) is 0 Å². The number of fused-ring (bicyclic) bond motifs is 2. The zero-order chi connectivity index (χ0) is 13.5. The van der Waals surface area contributed by atoms with Crippen LogP contribution in [0.25, 0.3) is 0 Å². The predicted molar refractivity (Wildman–Crippen MR) is 78.3 cm³/mol. The lowest BCUT2D eigenvalue weighted by Gasteiger charge is -2.32. The Kier molecular flexibility index (Phi) is 3.68. The van der Waals surface area contributed by atoms with Gasteiger partial charge in [0.2, 0.25) is 10.0 Å². The number of piperazine rings is 1. The first-order chi connectivity index (χ1) is 9.04. The molecule has 6 heteroatoms. The molecule has 1 aromatic rings. The molecule has 1 N–H and O–H groups in total. The van der Waals surface area contributed by atoms with E-state index in [9.17, 15) is 8.42 Å². The Labute approximate surface area is 122 Å². The molecule has 2 aliphatic heterocycles. The van der Waals surface area contributed by atoms with Crippen molar-refractivity contribution in [3.8, 4) is 0 Å². The molecule has 2 atom stereocenters. The molecule has 1 aromatic carbocycles. The normalized spacial score (nSPS) is 27.6. The van der Waals surface area contributed by atoms with Crippen molar-refractivity contribution in [2.75, 3.05) is 13.1 Å². The predicted octanol–water partition coefficient (Wildman–Crippen LogP) is 1.72. The summed E-state index contributed by atoms with van der Waals surface area (Å²) < 4.78 is 27.5. The van der Waals surface area contributed by atoms with Crippen molar-refractivity contribution in [3.63, 3.8) is 0 Å². The average Bonchev–Trinajstić information content (AvgIpc) is 2.71. The second kappa shape index (κ2) is 5.16. The van der Waals surface area contributed by atoms with E-state index in [0.29, 0.717) is 25.2 Å². The van der Waals surface area contributed by atoms with Gasteiger partial charge in [-0.2, -0.15) is 4.31 Å². The van der Waals surface area contributed by atoms with Gasteiger partial charge in [0.05, 0.1) is 5.75 Å². The third-order valence-corrected chi connectivity index (χ3v) is 6.41. The van der Waals surface area contributed by atoms with Crippen LogP contribution in [0.1, 0.15) is 18.4 Å². The van der Waals surface area contributed by atoms with Gasteiger partial charge in [0.1, 0.15) is 0 Å². The minimum absolute atomic E-state index is 0.0772. The summed E-state index contributed by atoms with van der Waals surface area (Å²) in [4.78, 5) is 0. The molecule has 19 heavy (non-hydrogen) atoms. The van der Waals surface area contributed by atoms with Crippen LogP contribution in [0.2, 0.25) is 0 Å². The number of benzene rings is 1. The Morgan fingerprint density at radius 2 is 1.84 bits per heavy atom. The molecule has 0 radical (unpaired) electrons. The SMILES string of the molecule is O=S(=O)(Cc1ccccc1Br)N1CC2CCC(C1)N2. The van der Waals surface area contributed by atoms with Crippen molar-refractivity contribution < 1.29 is 8.42 Å². The van der Waals surface area contributed by atoms with Gasteiger partial charge in [-0.15, -0.1) is 0 Å². The maximum Gasteiger partial charge on any atom is 0.218 e. The zero-order valence-corrected chi connectivity index (χ0v) is 13.0. The summed E-state index contributed by atoms with van der Waals surface area (Å²) in [7, 11) is -3.22. The van der Waals surface area contributed by atoms with Gasteiger partial charge < -0.3 is 5.32 Å². The van der Waals surface area contributed by atoms with Crippen LogP contribution in [-0.4, -0.2) is 37.9 Å². The van der Waals surface area contributed by atoms with Crippen molar-refractivity contribution in [3.05, 3.63) is 34.3 Å². The highest BCUT2D eigenvalue weighted by Gasteiger charge is 2.37. The number of hydrogen-bond acceptors (Lipinski definition) is 3. The maximum absolute atomic E-state index is 12.5. The van der Waals surface area contributed by atoms with E-state index in [0.717, 1.165) is 22.9 Å². The van der Waals surface area contributed by atoms with Crippen LogP contribution in [0.15, 0.2) is 28.7 Å². The number of hydrogen-bond donors (Lipinski definition) is 1. The van der Waals surface area contributed by atoms with E-state index >= 15 is 0 Å². The molecular formula is C13H17BrN2O2S. The summed E-state index contributed by atoms with van der Waals surface area (Å²) >= 11 is 3.41. The van der Waals surface area contributed by atoms with E-state index in [1.807, 2.05) is 24.3 Å². The van der Waals surface area contributed by atoms with Crippen molar-refractivity contribution in [1.82, 2.24) is 9.62 Å². The van der Waals surface area contributed by atoms with Gasteiger partial charge in [-0.1, -0.05) is 34.1 Å². The highest BCUT2D eigenvalue weighted by molar-refractivity contribution is 9.10. The molecule has 2 bridgehead atoms. The standard InChI is InChI=1S/C13H17BrN2O2S/c14-13-4-2-1-3-10(13)9-19(17,18)16-7-11-5-6-12(8-16)15-11/h1-4,11-12,15H,5-9H2.